The summed E-state index contributed by atoms with van der Waals surface area (Å²) < 4.78 is 5.45. The van der Waals surface area contributed by atoms with E-state index in [1.807, 2.05) is 38.1 Å². The zero-order valence-electron chi connectivity index (χ0n) is 13.0. The average Bonchev–Trinajstić information content (AvgIpc) is 2.52. The van der Waals surface area contributed by atoms with Gasteiger partial charge in [-0.1, -0.05) is 37.6 Å². The minimum absolute atomic E-state index is 0.00832. The van der Waals surface area contributed by atoms with Crippen LogP contribution in [0.25, 0.3) is 0 Å². The molecule has 3 N–H and O–H groups in total. The third kappa shape index (κ3) is 4.43. The summed E-state index contributed by atoms with van der Waals surface area (Å²) >= 11 is 5.88. The van der Waals surface area contributed by atoms with Crippen LogP contribution in [0.5, 0.6) is 0 Å². The third-order valence-corrected chi connectivity index (χ3v) is 4.45. The molecule has 1 rings (SSSR count). The number of ether oxygens (including phenoxy) is 1. The summed E-state index contributed by atoms with van der Waals surface area (Å²) in [6.07, 6.45) is 1.25. The molecule has 0 fully saturated rings. The molecule has 0 aliphatic heterocycles. The second-order valence-corrected chi connectivity index (χ2v) is 5.61. The first-order chi connectivity index (χ1) is 10.0. The predicted molar refractivity (Wildman–Crippen MR) is 86.3 cm³/mol. The van der Waals surface area contributed by atoms with Crippen molar-refractivity contribution in [2.24, 2.45) is 11.1 Å². The van der Waals surface area contributed by atoms with Crippen LogP contribution in [0.3, 0.4) is 0 Å². The maximum absolute atomic E-state index is 12.4. The first-order valence-corrected chi connectivity index (χ1v) is 7.67. The van der Waals surface area contributed by atoms with Crippen LogP contribution >= 0.6 is 11.6 Å². The lowest BCUT2D eigenvalue weighted by Gasteiger charge is -2.29. The number of carbonyl (C=O) groups excluding carboxylic acids is 1. The average molecular weight is 313 g/mol. The first kappa shape index (κ1) is 18.0. The Morgan fingerprint density at radius 1 is 1.33 bits per heavy atom. The second kappa shape index (κ2) is 8.37. The SMILES string of the molecule is CCC(CC)(CN)C(=O)NCC(OC)c1ccc(Cl)cc1. The molecule has 1 atom stereocenters. The summed E-state index contributed by atoms with van der Waals surface area (Å²) in [6, 6.07) is 7.43. The molecular formula is C16H25ClN2O2. The molecule has 0 spiro atoms. The molecule has 1 aromatic carbocycles. The molecular weight excluding hydrogens is 288 g/mol. The predicted octanol–water partition coefficient (Wildman–Crippen LogP) is 2.91. The fraction of sp³-hybridized carbons (Fsp3) is 0.562. The minimum atomic E-state index is -0.488. The number of halogens is 1. The van der Waals surface area contributed by atoms with E-state index in [2.05, 4.69) is 5.32 Å². The van der Waals surface area contributed by atoms with Gasteiger partial charge in [0.15, 0.2) is 0 Å². The van der Waals surface area contributed by atoms with Gasteiger partial charge in [0.05, 0.1) is 11.5 Å². The summed E-state index contributed by atoms with van der Waals surface area (Å²) in [5, 5.41) is 3.64. The molecule has 0 saturated carbocycles. The van der Waals surface area contributed by atoms with Gasteiger partial charge in [0.25, 0.3) is 0 Å². The third-order valence-electron chi connectivity index (χ3n) is 4.20. The highest BCUT2D eigenvalue weighted by molar-refractivity contribution is 6.30. The van der Waals surface area contributed by atoms with Gasteiger partial charge in [-0.15, -0.1) is 0 Å². The van der Waals surface area contributed by atoms with Crippen LogP contribution in [-0.4, -0.2) is 26.1 Å². The Morgan fingerprint density at radius 2 is 1.90 bits per heavy atom. The number of carbonyl (C=O) groups is 1. The Bertz CT molecular complexity index is 436. The van der Waals surface area contributed by atoms with Gasteiger partial charge in [0, 0.05) is 25.2 Å². The quantitative estimate of drug-likeness (QED) is 0.775. The van der Waals surface area contributed by atoms with Crippen LogP contribution < -0.4 is 11.1 Å². The molecule has 1 unspecified atom stereocenters. The Labute approximate surface area is 132 Å². The van der Waals surface area contributed by atoms with Gasteiger partial charge in [0.2, 0.25) is 5.91 Å². The highest BCUT2D eigenvalue weighted by Crippen LogP contribution is 2.25. The Balaban J connectivity index is 2.71. The molecule has 0 radical (unpaired) electrons. The fourth-order valence-electron chi connectivity index (χ4n) is 2.34. The second-order valence-electron chi connectivity index (χ2n) is 5.18. The normalized spacial score (nSPS) is 13.0. The van der Waals surface area contributed by atoms with E-state index in [1.165, 1.54) is 0 Å². The standard InChI is InChI=1S/C16H25ClN2O2/c1-4-16(5-2,11-18)15(20)19-10-14(21-3)12-6-8-13(17)9-7-12/h6-9,14H,4-5,10-11,18H2,1-3H3,(H,19,20). The number of methoxy groups -OCH3 is 1. The van der Waals surface area contributed by atoms with Gasteiger partial charge >= 0.3 is 0 Å². The molecule has 0 saturated heterocycles. The molecule has 0 aliphatic rings. The monoisotopic (exact) mass is 312 g/mol. The first-order valence-electron chi connectivity index (χ1n) is 7.29. The minimum Gasteiger partial charge on any atom is -0.375 e. The van der Waals surface area contributed by atoms with Gasteiger partial charge in [-0.3, -0.25) is 4.79 Å². The topological polar surface area (TPSA) is 64.4 Å². The number of rotatable bonds is 8. The van der Waals surface area contributed by atoms with Crippen LogP contribution in [0.1, 0.15) is 38.4 Å². The number of amides is 1. The zero-order valence-corrected chi connectivity index (χ0v) is 13.7. The number of benzene rings is 1. The maximum Gasteiger partial charge on any atom is 0.227 e. The van der Waals surface area contributed by atoms with Crippen molar-refractivity contribution >= 4 is 17.5 Å². The van der Waals surface area contributed by atoms with Gasteiger partial charge < -0.3 is 15.8 Å². The van der Waals surface area contributed by atoms with E-state index in [0.29, 0.717) is 18.1 Å². The van der Waals surface area contributed by atoms with Crippen molar-refractivity contribution in [3.63, 3.8) is 0 Å². The van der Waals surface area contributed by atoms with Crippen LogP contribution in [-0.2, 0) is 9.53 Å². The highest BCUT2D eigenvalue weighted by atomic mass is 35.5. The number of nitrogens with one attached hydrogen (secondary N) is 1. The Morgan fingerprint density at radius 3 is 2.33 bits per heavy atom. The molecule has 5 heteroatoms. The Hall–Kier alpha value is -1.10. The number of hydrogen-bond acceptors (Lipinski definition) is 3. The lowest BCUT2D eigenvalue weighted by atomic mass is 9.81. The molecule has 118 valence electrons. The van der Waals surface area contributed by atoms with E-state index < -0.39 is 5.41 Å². The zero-order chi connectivity index (χ0) is 15.9. The van der Waals surface area contributed by atoms with Crippen molar-refractivity contribution in [3.05, 3.63) is 34.9 Å². The summed E-state index contributed by atoms with van der Waals surface area (Å²) in [4.78, 5) is 12.4. The van der Waals surface area contributed by atoms with Gasteiger partial charge in [-0.25, -0.2) is 0 Å². The molecule has 1 aromatic rings. The van der Waals surface area contributed by atoms with E-state index in [-0.39, 0.29) is 12.0 Å². The molecule has 21 heavy (non-hydrogen) atoms. The van der Waals surface area contributed by atoms with E-state index in [4.69, 9.17) is 22.1 Å². The Kier molecular flexibility index (Phi) is 7.15. The number of hydrogen-bond donors (Lipinski definition) is 2. The van der Waals surface area contributed by atoms with Crippen LogP contribution in [0.15, 0.2) is 24.3 Å². The summed E-state index contributed by atoms with van der Waals surface area (Å²) in [5.41, 5.74) is 6.28. The van der Waals surface area contributed by atoms with Gasteiger partial charge in [-0.05, 0) is 30.5 Å². The fourth-order valence-corrected chi connectivity index (χ4v) is 2.47. The van der Waals surface area contributed by atoms with Crippen LogP contribution in [0.4, 0.5) is 0 Å². The largest absolute Gasteiger partial charge is 0.375 e. The molecule has 0 aromatic heterocycles. The lowest BCUT2D eigenvalue weighted by molar-refractivity contribution is -0.131. The number of nitrogens with two attached hydrogens (primary N) is 1. The van der Waals surface area contributed by atoms with E-state index in [9.17, 15) is 4.79 Å². The van der Waals surface area contributed by atoms with Crippen molar-refractivity contribution in [2.45, 2.75) is 32.8 Å². The van der Waals surface area contributed by atoms with Crippen molar-refractivity contribution in [2.75, 3.05) is 20.2 Å². The van der Waals surface area contributed by atoms with Gasteiger partial charge in [-0.2, -0.15) is 0 Å². The summed E-state index contributed by atoms with van der Waals surface area (Å²) in [5.74, 6) is -0.00832. The van der Waals surface area contributed by atoms with E-state index in [1.54, 1.807) is 7.11 Å². The van der Waals surface area contributed by atoms with Crippen molar-refractivity contribution < 1.29 is 9.53 Å². The van der Waals surface area contributed by atoms with Crippen molar-refractivity contribution in [3.8, 4) is 0 Å². The lowest BCUT2D eigenvalue weighted by Crippen LogP contribution is -2.46. The summed E-state index contributed by atoms with van der Waals surface area (Å²) in [6.45, 7) is 4.75. The van der Waals surface area contributed by atoms with Crippen molar-refractivity contribution in [1.82, 2.24) is 5.32 Å². The molecule has 4 nitrogen and oxygen atoms in total. The highest BCUT2D eigenvalue weighted by Gasteiger charge is 2.33. The van der Waals surface area contributed by atoms with E-state index in [0.717, 1.165) is 18.4 Å². The van der Waals surface area contributed by atoms with Crippen LogP contribution in [0.2, 0.25) is 5.02 Å². The maximum atomic E-state index is 12.4. The van der Waals surface area contributed by atoms with Gasteiger partial charge in [0.1, 0.15) is 0 Å². The van der Waals surface area contributed by atoms with Crippen LogP contribution in [0, 0.1) is 5.41 Å². The molecule has 0 heterocycles. The summed E-state index contributed by atoms with van der Waals surface area (Å²) in [7, 11) is 1.63. The molecule has 0 bridgehead atoms. The molecule has 1 amide bonds. The van der Waals surface area contributed by atoms with Crippen molar-refractivity contribution in [1.29, 1.82) is 0 Å². The smallest absolute Gasteiger partial charge is 0.227 e. The molecule has 0 aliphatic carbocycles. The van der Waals surface area contributed by atoms with E-state index >= 15 is 0 Å².